The fraction of sp³-hybridized carbons (Fsp3) is 0.257. The van der Waals surface area contributed by atoms with Gasteiger partial charge in [0, 0.05) is 23.5 Å². The van der Waals surface area contributed by atoms with Crippen LogP contribution in [0.5, 0.6) is 0 Å². The van der Waals surface area contributed by atoms with E-state index in [0.29, 0.717) is 10.6 Å². The van der Waals surface area contributed by atoms with Crippen molar-refractivity contribution in [1.82, 2.24) is 10.2 Å². The van der Waals surface area contributed by atoms with Gasteiger partial charge in [-0.15, -0.1) is 0 Å². The minimum Gasteiger partial charge on any atom is -0.350 e. The fourth-order valence-corrected chi connectivity index (χ4v) is 6.40. The zero-order chi connectivity index (χ0) is 32.8. The van der Waals surface area contributed by atoms with Crippen molar-refractivity contribution >= 4 is 39.1 Å². The maximum atomic E-state index is 14.5. The van der Waals surface area contributed by atoms with Crippen molar-refractivity contribution in [1.29, 1.82) is 0 Å². The number of halogens is 2. The van der Waals surface area contributed by atoms with Gasteiger partial charge < -0.3 is 10.2 Å². The molecule has 2 amide bonds. The average molecular weight is 650 g/mol. The molecule has 4 rings (SSSR count). The van der Waals surface area contributed by atoms with Crippen LogP contribution in [0.3, 0.4) is 0 Å². The molecule has 236 valence electrons. The third kappa shape index (κ3) is 8.93. The molecule has 0 aromatic heterocycles. The number of carbonyl (C=O) groups is 2. The molecule has 0 saturated carbocycles. The van der Waals surface area contributed by atoms with Gasteiger partial charge in [0.05, 0.1) is 10.6 Å². The molecule has 0 fully saturated rings. The van der Waals surface area contributed by atoms with Gasteiger partial charge >= 0.3 is 0 Å². The highest BCUT2D eigenvalue weighted by Crippen LogP contribution is 2.27. The zero-order valence-electron chi connectivity index (χ0n) is 25.7. The predicted octanol–water partition coefficient (Wildman–Crippen LogP) is 6.54. The van der Waals surface area contributed by atoms with Gasteiger partial charge in [-0.05, 0) is 81.3 Å². The molecular formula is C35H37ClFN3O4S. The van der Waals surface area contributed by atoms with E-state index in [2.05, 4.69) is 5.32 Å². The molecule has 4 aromatic carbocycles. The molecule has 0 aliphatic rings. The lowest BCUT2D eigenvalue weighted by molar-refractivity contribution is -0.140. The van der Waals surface area contributed by atoms with E-state index in [4.69, 9.17) is 11.6 Å². The average Bonchev–Trinajstić information content (AvgIpc) is 2.99. The van der Waals surface area contributed by atoms with Crippen molar-refractivity contribution in [3.05, 3.63) is 131 Å². The normalized spacial score (nSPS) is 12.3. The number of rotatable bonds is 11. The summed E-state index contributed by atoms with van der Waals surface area (Å²) in [5, 5.41) is 3.40. The van der Waals surface area contributed by atoms with Crippen molar-refractivity contribution in [3.63, 3.8) is 0 Å². The molecule has 1 atom stereocenters. The summed E-state index contributed by atoms with van der Waals surface area (Å²) in [5.41, 5.74) is 1.95. The Morgan fingerprint density at radius 2 is 1.47 bits per heavy atom. The summed E-state index contributed by atoms with van der Waals surface area (Å²) in [6.45, 7) is 6.73. The maximum Gasteiger partial charge on any atom is 0.264 e. The van der Waals surface area contributed by atoms with Gasteiger partial charge in [-0.3, -0.25) is 13.9 Å². The summed E-state index contributed by atoms with van der Waals surface area (Å²) in [4.78, 5) is 29.6. The van der Waals surface area contributed by atoms with E-state index in [9.17, 15) is 22.4 Å². The lowest BCUT2D eigenvalue weighted by Gasteiger charge is -2.35. The van der Waals surface area contributed by atoms with Gasteiger partial charge in [0.1, 0.15) is 18.4 Å². The molecule has 0 spiro atoms. The molecule has 0 heterocycles. The number of hydrogen-bond donors (Lipinski definition) is 1. The van der Waals surface area contributed by atoms with E-state index >= 15 is 0 Å². The first-order valence-electron chi connectivity index (χ1n) is 14.5. The molecule has 0 bridgehead atoms. The lowest BCUT2D eigenvalue weighted by Crippen LogP contribution is -2.56. The molecule has 0 saturated heterocycles. The molecule has 0 unspecified atom stereocenters. The zero-order valence-corrected chi connectivity index (χ0v) is 27.3. The van der Waals surface area contributed by atoms with Crippen LogP contribution >= 0.6 is 11.6 Å². The maximum absolute atomic E-state index is 14.5. The van der Waals surface area contributed by atoms with Gasteiger partial charge in [-0.25, -0.2) is 12.8 Å². The first-order chi connectivity index (χ1) is 21.2. The van der Waals surface area contributed by atoms with Gasteiger partial charge in [-0.1, -0.05) is 77.8 Å². The van der Waals surface area contributed by atoms with Crippen molar-refractivity contribution < 1.29 is 22.4 Å². The predicted molar refractivity (Wildman–Crippen MR) is 176 cm³/mol. The highest BCUT2D eigenvalue weighted by molar-refractivity contribution is 7.92. The number of carbonyl (C=O) groups excluding carboxylic acids is 2. The molecule has 10 heteroatoms. The number of aryl methyl sites for hydroxylation is 1. The van der Waals surface area contributed by atoms with Crippen molar-refractivity contribution in [2.75, 3.05) is 10.8 Å². The number of sulfonamides is 1. The SMILES string of the molecule is Cc1ccc(N(CC(=O)N(Cc2ccccc2Cl)[C@H](Cc2ccccc2)C(=O)NC(C)(C)C)S(=O)(=O)c2ccc(F)cc2)cc1. The largest absolute Gasteiger partial charge is 0.350 e. The second-order valence-corrected chi connectivity index (χ2v) is 14.1. The van der Waals surface area contributed by atoms with Crippen LogP contribution in [0.15, 0.2) is 108 Å². The van der Waals surface area contributed by atoms with Crippen LogP contribution in [0.25, 0.3) is 0 Å². The smallest absolute Gasteiger partial charge is 0.264 e. The third-order valence-corrected chi connectivity index (χ3v) is 9.23. The molecule has 4 aromatic rings. The molecule has 0 aliphatic heterocycles. The number of nitrogens with zero attached hydrogens (tertiary/aromatic N) is 2. The summed E-state index contributed by atoms with van der Waals surface area (Å²) >= 11 is 6.53. The topological polar surface area (TPSA) is 86.8 Å². The highest BCUT2D eigenvalue weighted by Gasteiger charge is 2.36. The van der Waals surface area contributed by atoms with E-state index < -0.39 is 45.8 Å². The Morgan fingerprint density at radius 1 is 0.867 bits per heavy atom. The van der Waals surface area contributed by atoms with Crippen LogP contribution in [0.4, 0.5) is 10.1 Å². The lowest BCUT2D eigenvalue weighted by atomic mass is 10.0. The minimum absolute atomic E-state index is 0.0497. The summed E-state index contributed by atoms with van der Waals surface area (Å²) in [6, 6.07) is 26.4. The van der Waals surface area contributed by atoms with Crippen LogP contribution in [0.2, 0.25) is 5.02 Å². The van der Waals surface area contributed by atoms with E-state index in [0.717, 1.165) is 39.7 Å². The van der Waals surface area contributed by atoms with Crippen LogP contribution in [-0.2, 0) is 32.6 Å². The van der Waals surface area contributed by atoms with Crippen LogP contribution in [-0.4, -0.2) is 43.3 Å². The minimum atomic E-state index is -4.33. The Balaban J connectivity index is 1.82. The number of anilines is 1. The van der Waals surface area contributed by atoms with E-state index in [1.165, 1.54) is 4.90 Å². The van der Waals surface area contributed by atoms with Gasteiger partial charge in [0.2, 0.25) is 11.8 Å². The number of amides is 2. The monoisotopic (exact) mass is 649 g/mol. The van der Waals surface area contributed by atoms with Gasteiger partial charge in [0.15, 0.2) is 0 Å². The van der Waals surface area contributed by atoms with Gasteiger partial charge in [-0.2, -0.15) is 0 Å². The Kier molecular flexibility index (Phi) is 10.7. The second kappa shape index (κ2) is 14.3. The second-order valence-electron chi connectivity index (χ2n) is 11.9. The molecule has 0 radical (unpaired) electrons. The van der Waals surface area contributed by atoms with Crippen molar-refractivity contribution in [2.45, 2.75) is 57.1 Å². The Hall–Kier alpha value is -4.21. The van der Waals surface area contributed by atoms with Crippen LogP contribution in [0.1, 0.15) is 37.5 Å². The fourth-order valence-electron chi connectivity index (χ4n) is 4.79. The molecule has 7 nitrogen and oxygen atoms in total. The molecule has 1 N–H and O–H groups in total. The molecular weight excluding hydrogens is 613 g/mol. The van der Waals surface area contributed by atoms with E-state index in [-0.39, 0.29) is 23.5 Å². The summed E-state index contributed by atoms with van der Waals surface area (Å²) in [5.74, 6) is -1.60. The third-order valence-electron chi connectivity index (χ3n) is 7.07. The standard InChI is InChI=1S/C35H37ClFN3O4S/c1-25-14-18-29(19-15-25)40(45(43,44)30-20-16-28(37)17-21-30)24-33(41)39(23-27-12-8-9-13-31(27)36)32(34(42)38-35(2,3)4)22-26-10-6-5-7-11-26/h5-21,32H,22-24H2,1-4H3,(H,38,42)/t32-/m1/s1. The summed E-state index contributed by atoms with van der Waals surface area (Å²) in [7, 11) is -4.33. The van der Waals surface area contributed by atoms with Gasteiger partial charge in [0.25, 0.3) is 10.0 Å². The Bertz CT molecular complexity index is 1730. The van der Waals surface area contributed by atoms with Crippen molar-refractivity contribution in [2.24, 2.45) is 0 Å². The van der Waals surface area contributed by atoms with Crippen molar-refractivity contribution in [3.8, 4) is 0 Å². The quantitative estimate of drug-likeness (QED) is 0.200. The number of hydrogen-bond acceptors (Lipinski definition) is 4. The van der Waals surface area contributed by atoms with Crippen LogP contribution in [0, 0.1) is 12.7 Å². The molecule has 45 heavy (non-hydrogen) atoms. The van der Waals surface area contributed by atoms with E-state index in [1.54, 1.807) is 48.5 Å². The highest BCUT2D eigenvalue weighted by atomic mass is 35.5. The molecule has 0 aliphatic carbocycles. The Morgan fingerprint density at radius 3 is 2.07 bits per heavy atom. The Labute approximate surface area is 269 Å². The first kappa shape index (κ1) is 33.7. The van der Waals surface area contributed by atoms with E-state index in [1.807, 2.05) is 58.0 Å². The van der Waals surface area contributed by atoms with Crippen LogP contribution < -0.4 is 9.62 Å². The number of nitrogens with one attached hydrogen (secondary N) is 1. The first-order valence-corrected chi connectivity index (χ1v) is 16.3. The summed E-state index contributed by atoms with van der Waals surface area (Å²) in [6.07, 6.45) is 0.175. The number of benzene rings is 4. The summed E-state index contributed by atoms with van der Waals surface area (Å²) < 4.78 is 42.8.